The number of aliphatic hydroxyl groups is 1. The Bertz CT molecular complexity index is 632. The largest absolute Gasteiger partial charge is 0.416 e. The SMILES string of the molecule is CC(O)Cc1n[nH]nc1-c1c(Cl)cc(C(F)(F)F)cc1Cl. The van der Waals surface area contributed by atoms with E-state index in [1.54, 1.807) is 6.92 Å². The summed E-state index contributed by atoms with van der Waals surface area (Å²) < 4.78 is 38.1. The molecule has 1 aromatic heterocycles. The van der Waals surface area contributed by atoms with E-state index in [4.69, 9.17) is 23.2 Å². The van der Waals surface area contributed by atoms with Crippen LogP contribution in [0.25, 0.3) is 11.3 Å². The maximum absolute atomic E-state index is 12.7. The molecule has 0 aliphatic heterocycles. The van der Waals surface area contributed by atoms with Crippen molar-refractivity contribution in [2.45, 2.75) is 25.6 Å². The van der Waals surface area contributed by atoms with Gasteiger partial charge in [-0.15, -0.1) is 0 Å². The normalized spacial score (nSPS) is 13.5. The molecule has 0 bridgehead atoms. The first-order valence-corrected chi connectivity index (χ1v) is 6.60. The van der Waals surface area contributed by atoms with Gasteiger partial charge in [-0.05, 0) is 19.1 Å². The highest BCUT2D eigenvalue weighted by atomic mass is 35.5. The highest BCUT2D eigenvalue weighted by Crippen LogP contribution is 2.40. The molecule has 1 aromatic carbocycles. The lowest BCUT2D eigenvalue weighted by atomic mass is 10.0. The molecule has 0 radical (unpaired) electrons. The summed E-state index contributed by atoms with van der Waals surface area (Å²) in [5.41, 5.74) is -0.203. The number of hydrogen-bond acceptors (Lipinski definition) is 3. The molecule has 0 fully saturated rings. The van der Waals surface area contributed by atoms with Crippen molar-refractivity contribution in [2.24, 2.45) is 0 Å². The van der Waals surface area contributed by atoms with Crippen LogP contribution >= 0.6 is 23.2 Å². The lowest BCUT2D eigenvalue weighted by Gasteiger charge is -2.12. The Kier molecular flexibility index (Phi) is 4.46. The summed E-state index contributed by atoms with van der Waals surface area (Å²) in [6.45, 7) is 1.55. The summed E-state index contributed by atoms with van der Waals surface area (Å²) >= 11 is 11.8. The van der Waals surface area contributed by atoms with E-state index in [1.807, 2.05) is 0 Å². The molecular formula is C12H10Cl2F3N3O. The molecular weight excluding hydrogens is 330 g/mol. The van der Waals surface area contributed by atoms with Gasteiger partial charge in [0.25, 0.3) is 0 Å². The summed E-state index contributed by atoms with van der Waals surface area (Å²) in [4.78, 5) is 0. The van der Waals surface area contributed by atoms with Crippen LogP contribution in [0.15, 0.2) is 12.1 Å². The first-order valence-electron chi connectivity index (χ1n) is 5.84. The zero-order chi connectivity index (χ0) is 15.8. The van der Waals surface area contributed by atoms with E-state index in [-0.39, 0.29) is 27.7 Å². The maximum Gasteiger partial charge on any atom is 0.416 e. The fraction of sp³-hybridized carbons (Fsp3) is 0.333. The van der Waals surface area contributed by atoms with Crippen LogP contribution in [0.1, 0.15) is 18.2 Å². The van der Waals surface area contributed by atoms with Crippen LogP contribution in [0.5, 0.6) is 0 Å². The van der Waals surface area contributed by atoms with Gasteiger partial charge in [0.2, 0.25) is 0 Å². The van der Waals surface area contributed by atoms with Gasteiger partial charge in [-0.25, -0.2) is 0 Å². The standard InChI is InChI=1S/C12H10Cl2F3N3O/c1-5(21)2-9-11(19-20-18-9)10-7(13)3-6(4-8(10)14)12(15,16)17/h3-5,21H,2H2,1H3,(H,18,19,20). The molecule has 4 nitrogen and oxygen atoms in total. The lowest BCUT2D eigenvalue weighted by molar-refractivity contribution is -0.137. The van der Waals surface area contributed by atoms with E-state index in [0.717, 1.165) is 12.1 Å². The van der Waals surface area contributed by atoms with Crippen LogP contribution in [-0.2, 0) is 12.6 Å². The number of nitrogens with one attached hydrogen (secondary N) is 1. The monoisotopic (exact) mass is 339 g/mol. The molecule has 0 saturated heterocycles. The highest BCUT2D eigenvalue weighted by molar-refractivity contribution is 6.39. The number of aliphatic hydroxyl groups excluding tert-OH is 1. The molecule has 2 N–H and O–H groups in total. The van der Waals surface area contributed by atoms with E-state index in [9.17, 15) is 18.3 Å². The lowest BCUT2D eigenvalue weighted by Crippen LogP contribution is -2.07. The molecule has 0 amide bonds. The van der Waals surface area contributed by atoms with E-state index in [0.29, 0.717) is 5.69 Å². The number of H-pyrrole nitrogens is 1. The zero-order valence-corrected chi connectivity index (χ0v) is 12.2. The van der Waals surface area contributed by atoms with Crippen molar-refractivity contribution in [3.05, 3.63) is 33.4 Å². The van der Waals surface area contributed by atoms with Gasteiger partial charge < -0.3 is 5.11 Å². The Hall–Kier alpha value is -1.31. The fourth-order valence-electron chi connectivity index (χ4n) is 1.84. The number of hydrogen-bond donors (Lipinski definition) is 2. The predicted octanol–water partition coefficient (Wildman–Crippen LogP) is 3.72. The predicted molar refractivity (Wildman–Crippen MR) is 72.2 cm³/mol. The average Bonchev–Trinajstić information content (AvgIpc) is 2.74. The number of aromatic nitrogens is 3. The number of benzene rings is 1. The van der Waals surface area contributed by atoms with Gasteiger partial charge in [0.15, 0.2) is 0 Å². The van der Waals surface area contributed by atoms with Gasteiger partial charge in [-0.3, -0.25) is 0 Å². The third kappa shape index (κ3) is 3.48. The summed E-state index contributed by atoms with van der Waals surface area (Å²) in [6, 6.07) is 1.56. The van der Waals surface area contributed by atoms with Crippen LogP contribution in [0, 0.1) is 0 Å². The average molecular weight is 340 g/mol. The molecule has 2 rings (SSSR count). The molecule has 1 heterocycles. The molecule has 21 heavy (non-hydrogen) atoms. The molecule has 0 aliphatic rings. The molecule has 2 aromatic rings. The number of alkyl halides is 3. The smallest absolute Gasteiger partial charge is 0.393 e. The topological polar surface area (TPSA) is 61.8 Å². The number of aromatic amines is 1. The third-order valence-corrected chi connectivity index (χ3v) is 3.31. The molecule has 0 saturated carbocycles. The van der Waals surface area contributed by atoms with Crippen LogP contribution in [0.2, 0.25) is 10.0 Å². The fourth-order valence-corrected chi connectivity index (χ4v) is 2.50. The summed E-state index contributed by atoms with van der Waals surface area (Å²) in [5, 5.41) is 19.1. The van der Waals surface area contributed by atoms with E-state index >= 15 is 0 Å². The van der Waals surface area contributed by atoms with Crippen LogP contribution < -0.4 is 0 Å². The third-order valence-electron chi connectivity index (χ3n) is 2.72. The van der Waals surface area contributed by atoms with Crippen molar-refractivity contribution in [1.29, 1.82) is 0 Å². The minimum absolute atomic E-state index is 0.149. The van der Waals surface area contributed by atoms with Gasteiger partial charge in [0, 0.05) is 12.0 Å². The highest BCUT2D eigenvalue weighted by Gasteiger charge is 2.32. The van der Waals surface area contributed by atoms with Crippen molar-refractivity contribution in [3.8, 4) is 11.3 Å². The van der Waals surface area contributed by atoms with Crippen LogP contribution in [0.3, 0.4) is 0 Å². The Balaban J connectivity index is 2.53. The van der Waals surface area contributed by atoms with E-state index in [1.165, 1.54) is 0 Å². The van der Waals surface area contributed by atoms with Crippen molar-refractivity contribution >= 4 is 23.2 Å². The molecule has 0 spiro atoms. The Morgan fingerprint density at radius 3 is 2.29 bits per heavy atom. The van der Waals surface area contributed by atoms with Crippen molar-refractivity contribution < 1.29 is 18.3 Å². The van der Waals surface area contributed by atoms with Gasteiger partial charge in [-0.2, -0.15) is 28.6 Å². The molecule has 1 atom stereocenters. The van der Waals surface area contributed by atoms with Crippen molar-refractivity contribution in [1.82, 2.24) is 15.4 Å². The van der Waals surface area contributed by atoms with Gasteiger partial charge >= 0.3 is 6.18 Å². The summed E-state index contributed by atoms with van der Waals surface area (Å²) in [5.74, 6) is 0. The molecule has 1 unspecified atom stereocenters. The Morgan fingerprint density at radius 1 is 1.24 bits per heavy atom. The second-order valence-corrected chi connectivity index (χ2v) is 5.30. The van der Waals surface area contributed by atoms with Crippen molar-refractivity contribution in [2.75, 3.05) is 0 Å². The Morgan fingerprint density at radius 2 is 1.81 bits per heavy atom. The molecule has 9 heteroatoms. The first kappa shape index (κ1) is 16.1. The zero-order valence-electron chi connectivity index (χ0n) is 10.7. The quantitative estimate of drug-likeness (QED) is 0.895. The van der Waals surface area contributed by atoms with Crippen LogP contribution in [-0.4, -0.2) is 26.6 Å². The van der Waals surface area contributed by atoms with Crippen LogP contribution in [0.4, 0.5) is 13.2 Å². The van der Waals surface area contributed by atoms with E-state index < -0.39 is 17.8 Å². The molecule has 0 aliphatic carbocycles. The number of halogens is 5. The minimum atomic E-state index is -4.54. The second-order valence-electron chi connectivity index (χ2n) is 4.48. The van der Waals surface area contributed by atoms with Gasteiger partial charge in [0.05, 0.1) is 27.4 Å². The first-order chi connectivity index (χ1) is 9.70. The summed E-state index contributed by atoms with van der Waals surface area (Å²) in [7, 11) is 0. The Labute approximate surface area is 127 Å². The van der Waals surface area contributed by atoms with Gasteiger partial charge in [0.1, 0.15) is 5.69 Å². The van der Waals surface area contributed by atoms with E-state index in [2.05, 4.69) is 15.4 Å². The maximum atomic E-state index is 12.7. The summed E-state index contributed by atoms with van der Waals surface area (Å²) in [6.07, 6.45) is -5.07. The van der Waals surface area contributed by atoms with Crippen molar-refractivity contribution in [3.63, 3.8) is 0 Å². The number of rotatable bonds is 3. The van der Waals surface area contributed by atoms with Gasteiger partial charge in [-0.1, -0.05) is 23.2 Å². The minimum Gasteiger partial charge on any atom is -0.393 e. The number of nitrogens with zero attached hydrogens (tertiary/aromatic N) is 2. The molecule has 114 valence electrons. The second kappa shape index (κ2) is 5.82.